The summed E-state index contributed by atoms with van der Waals surface area (Å²) in [6.07, 6.45) is -1.16. The number of hydrogen-bond acceptors (Lipinski definition) is 2. The molecule has 0 fully saturated rings. The fraction of sp³-hybridized carbons (Fsp3) is 0.375. The Kier molecular flexibility index (Phi) is 4.31. The summed E-state index contributed by atoms with van der Waals surface area (Å²) in [4.78, 5) is 3.83. The van der Waals surface area contributed by atoms with Crippen molar-refractivity contribution in [2.75, 3.05) is 7.11 Å². The van der Waals surface area contributed by atoms with Gasteiger partial charge in [-0.3, -0.25) is 4.98 Å². The van der Waals surface area contributed by atoms with Gasteiger partial charge in [-0.25, -0.2) is 8.78 Å². The van der Waals surface area contributed by atoms with Gasteiger partial charge in [-0.2, -0.15) is 0 Å². The van der Waals surface area contributed by atoms with Crippen LogP contribution in [0, 0.1) is 3.57 Å². The molecule has 6 heteroatoms. The molecule has 0 N–H and O–H groups in total. The first kappa shape index (κ1) is 11.9. The molecule has 0 aliphatic heterocycles. The van der Waals surface area contributed by atoms with Crippen molar-refractivity contribution in [2.24, 2.45) is 0 Å². The predicted molar refractivity (Wildman–Crippen MR) is 58.0 cm³/mol. The maximum Gasteiger partial charge on any atom is 0.269 e. The minimum Gasteiger partial charge on any atom is -0.495 e. The van der Waals surface area contributed by atoms with Crippen molar-refractivity contribution in [1.29, 1.82) is 0 Å². The van der Waals surface area contributed by atoms with E-state index >= 15 is 0 Å². The maximum absolute atomic E-state index is 12.7. The molecular formula is C8H7ClF2INO. The lowest BCUT2D eigenvalue weighted by molar-refractivity contribution is 0.145. The van der Waals surface area contributed by atoms with Crippen LogP contribution in [-0.2, 0) is 5.88 Å². The summed E-state index contributed by atoms with van der Waals surface area (Å²) in [5.74, 6) is 0.110. The fourth-order valence-corrected chi connectivity index (χ4v) is 1.92. The molecule has 78 valence electrons. The fourth-order valence-electron chi connectivity index (χ4n) is 1.06. The van der Waals surface area contributed by atoms with Crippen LogP contribution in [0.3, 0.4) is 0 Å². The van der Waals surface area contributed by atoms with Gasteiger partial charge in [0.15, 0.2) is 0 Å². The number of halogens is 4. The molecule has 2 nitrogen and oxygen atoms in total. The Morgan fingerprint density at radius 3 is 2.71 bits per heavy atom. The predicted octanol–water partition coefficient (Wildman–Crippen LogP) is 3.37. The Bertz CT molecular complexity index is 335. The second-order valence-corrected chi connectivity index (χ2v) is 3.86. The molecular weight excluding hydrogens is 326 g/mol. The summed E-state index contributed by atoms with van der Waals surface area (Å²) in [5, 5.41) is 0. The van der Waals surface area contributed by atoms with Crippen LogP contribution in [0.25, 0.3) is 0 Å². The number of pyridine rings is 1. The van der Waals surface area contributed by atoms with E-state index in [4.69, 9.17) is 16.3 Å². The lowest BCUT2D eigenvalue weighted by Gasteiger charge is -2.12. The van der Waals surface area contributed by atoms with E-state index in [1.54, 1.807) is 0 Å². The number of hydrogen-bond donors (Lipinski definition) is 0. The van der Waals surface area contributed by atoms with Gasteiger partial charge in [-0.1, -0.05) is 0 Å². The largest absolute Gasteiger partial charge is 0.495 e. The van der Waals surface area contributed by atoms with Crippen LogP contribution in [0.4, 0.5) is 8.78 Å². The SMILES string of the molecule is COc1c(I)cnc(CCl)c1C(F)F. The first-order valence-corrected chi connectivity index (χ1v) is 5.28. The highest BCUT2D eigenvalue weighted by molar-refractivity contribution is 14.1. The highest BCUT2D eigenvalue weighted by Crippen LogP contribution is 2.35. The lowest BCUT2D eigenvalue weighted by atomic mass is 10.2. The van der Waals surface area contributed by atoms with Gasteiger partial charge in [-0.15, -0.1) is 11.6 Å². The Balaban J connectivity index is 3.36. The van der Waals surface area contributed by atoms with Crippen LogP contribution in [0.1, 0.15) is 17.7 Å². The van der Waals surface area contributed by atoms with Crippen LogP contribution in [0.5, 0.6) is 5.75 Å². The van der Waals surface area contributed by atoms with Crippen molar-refractivity contribution in [3.05, 3.63) is 21.0 Å². The quantitative estimate of drug-likeness (QED) is 0.625. The molecule has 0 bridgehead atoms. The van der Waals surface area contributed by atoms with Crippen molar-refractivity contribution in [3.8, 4) is 5.75 Å². The van der Waals surface area contributed by atoms with Crippen molar-refractivity contribution < 1.29 is 13.5 Å². The van der Waals surface area contributed by atoms with Gasteiger partial charge in [0.2, 0.25) is 0 Å². The molecule has 0 aliphatic rings. The molecule has 0 unspecified atom stereocenters. The zero-order valence-electron chi connectivity index (χ0n) is 7.23. The Labute approximate surface area is 98.8 Å². The molecule has 0 saturated carbocycles. The highest BCUT2D eigenvalue weighted by Gasteiger charge is 2.21. The average molecular weight is 334 g/mol. The minimum atomic E-state index is -2.62. The highest BCUT2D eigenvalue weighted by atomic mass is 127. The van der Waals surface area contributed by atoms with Gasteiger partial charge < -0.3 is 4.74 Å². The van der Waals surface area contributed by atoms with E-state index in [0.29, 0.717) is 3.57 Å². The lowest BCUT2D eigenvalue weighted by Crippen LogP contribution is -2.02. The Morgan fingerprint density at radius 2 is 2.29 bits per heavy atom. The number of rotatable bonds is 3. The normalized spacial score (nSPS) is 10.7. The molecule has 0 radical (unpaired) electrons. The van der Waals surface area contributed by atoms with Gasteiger partial charge >= 0.3 is 0 Å². The number of alkyl halides is 3. The molecule has 1 aromatic heterocycles. The van der Waals surface area contributed by atoms with Gasteiger partial charge in [0.25, 0.3) is 6.43 Å². The molecule has 0 aromatic carbocycles. The molecule has 1 rings (SSSR count). The van der Waals surface area contributed by atoms with E-state index in [0.717, 1.165) is 0 Å². The first-order valence-electron chi connectivity index (χ1n) is 3.67. The Hall–Kier alpha value is -0.170. The van der Waals surface area contributed by atoms with Gasteiger partial charge in [0, 0.05) is 6.20 Å². The zero-order chi connectivity index (χ0) is 10.7. The van der Waals surface area contributed by atoms with Crippen molar-refractivity contribution in [1.82, 2.24) is 4.98 Å². The molecule has 0 atom stereocenters. The van der Waals surface area contributed by atoms with Crippen LogP contribution in [0.2, 0.25) is 0 Å². The number of aromatic nitrogens is 1. The Morgan fingerprint density at radius 1 is 1.64 bits per heavy atom. The van der Waals surface area contributed by atoms with Crippen LogP contribution >= 0.6 is 34.2 Å². The summed E-state index contributed by atoms with van der Waals surface area (Å²) in [7, 11) is 1.35. The summed E-state index contributed by atoms with van der Waals surface area (Å²) < 4.78 is 30.8. The number of nitrogens with zero attached hydrogens (tertiary/aromatic N) is 1. The minimum absolute atomic E-state index is 0.0487. The summed E-state index contributed by atoms with van der Waals surface area (Å²) >= 11 is 7.39. The number of ether oxygens (including phenoxy) is 1. The van der Waals surface area contributed by atoms with E-state index in [1.165, 1.54) is 13.3 Å². The molecule has 0 amide bonds. The molecule has 0 spiro atoms. The van der Waals surface area contributed by atoms with Crippen molar-refractivity contribution in [2.45, 2.75) is 12.3 Å². The molecule has 0 aliphatic carbocycles. The summed E-state index contributed by atoms with van der Waals surface area (Å²) in [6.45, 7) is 0. The molecule has 14 heavy (non-hydrogen) atoms. The smallest absolute Gasteiger partial charge is 0.269 e. The van der Waals surface area contributed by atoms with Crippen molar-refractivity contribution >= 4 is 34.2 Å². The standard InChI is InChI=1S/C8H7ClF2INO/c1-14-7-4(12)3-13-5(2-9)6(7)8(10)11/h3,8H,2H2,1H3. The third kappa shape index (κ3) is 2.25. The van der Waals surface area contributed by atoms with Gasteiger partial charge in [0.05, 0.1) is 27.8 Å². The van der Waals surface area contributed by atoms with Crippen LogP contribution < -0.4 is 4.74 Å². The van der Waals surface area contributed by atoms with Crippen LogP contribution in [0.15, 0.2) is 6.20 Å². The van der Waals surface area contributed by atoms with E-state index in [9.17, 15) is 8.78 Å². The monoisotopic (exact) mass is 333 g/mol. The van der Waals surface area contributed by atoms with E-state index in [-0.39, 0.29) is 22.9 Å². The second-order valence-electron chi connectivity index (χ2n) is 2.43. The summed E-state index contributed by atoms with van der Waals surface area (Å²) in [6, 6.07) is 0. The van der Waals surface area contributed by atoms with E-state index < -0.39 is 6.43 Å². The van der Waals surface area contributed by atoms with Crippen molar-refractivity contribution in [3.63, 3.8) is 0 Å². The van der Waals surface area contributed by atoms with Crippen LogP contribution in [-0.4, -0.2) is 12.1 Å². The second kappa shape index (κ2) is 5.06. The maximum atomic E-state index is 12.7. The zero-order valence-corrected chi connectivity index (χ0v) is 10.1. The topological polar surface area (TPSA) is 22.1 Å². The molecule has 0 saturated heterocycles. The third-order valence-corrected chi connectivity index (χ3v) is 2.68. The summed E-state index contributed by atoms with van der Waals surface area (Å²) in [5.41, 5.74) is -0.0478. The molecule has 1 heterocycles. The number of methoxy groups -OCH3 is 1. The van der Waals surface area contributed by atoms with Gasteiger partial charge in [0.1, 0.15) is 5.75 Å². The van der Waals surface area contributed by atoms with E-state index in [2.05, 4.69) is 4.98 Å². The van der Waals surface area contributed by atoms with Gasteiger partial charge in [-0.05, 0) is 22.6 Å². The van der Waals surface area contributed by atoms with E-state index in [1.807, 2.05) is 22.6 Å². The molecule has 1 aromatic rings. The third-order valence-electron chi connectivity index (χ3n) is 1.66. The average Bonchev–Trinajstić information content (AvgIpc) is 2.17. The first-order chi connectivity index (χ1) is 6.61.